The third-order valence-electron chi connectivity index (χ3n) is 6.08. The quantitative estimate of drug-likeness (QED) is 0.123. The molecule has 0 aliphatic rings. The zero-order valence-electron chi connectivity index (χ0n) is 28.9. The molecule has 0 bridgehead atoms. The minimum absolute atomic E-state index is 0. The van der Waals surface area contributed by atoms with Crippen LogP contribution in [0.4, 0.5) is 9.59 Å². The average Bonchev–Trinajstić information content (AvgIpc) is 3.59. The van der Waals surface area contributed by atoms with Crippen molar-refractivity contribution in [3.63, 3.8) is 0 Å². The summed E-state index contributed by atoms with van der Waals surface area (Å²) in [5.74, 6) is 1.31. The molecular formula is C32H37AlB2BrN6O6S. The number of fused-ring (bicyclic) bond motifs is 2. The fourth-order valence-electron chi connectivity index (χ4n) is 4.45. The first-order valence-electron chi connectivity index (χ1n) is 14.1. The fourth-order valence-corrected chi connectivity index (χ4v) is 4.90. The second kappa shape index (κ2) is 20.0. The Bertz CT molecular complexity index is 1870. The van der Waals surface area contributed by atoms with Crippen molar-refractivity contribution in [3.8, 4) is 23.6 Å². The van der Waals surface area contributed by atoms with E-state index in [2.05, 4.69) is 40.7 Å². The van der Waals surface area contributed by atoms with Crippen LogP contribution < -0.4 is 9.47 Å². The van der Waals surface area contributed by atoms with Crippen LogP contribution in [0.15, 0.2) is 40.7 Å². The van der Waals surface area contributed by atoms with E-state index in [9.17, 15) is 20.1 Å². The molecule has 0 aliphatic carbocycles. The van der Waals surface area contributed by atoms with E-state index in [1.165, 1.54) is 9.13 Å². The third-order valence-corrected chi connectivity index (χ3v) is 6.69. The molecule has 12 nitrogen and oxygen atoms in total. The van der Waals surface area contributed by atoms with Crippen molar-refractivity contribution in [3.05, 3.63) is 58.9 Å². The molecule has 0 saturated heterocycles. The number of rotatable bonds is 3. The number of halogens is 1. The average molecular weight is 762 g/mol. The van der Waals surface area contributed by atoms with Crippen molar-refractivity contribution in [2.75, 3.05) is 14.2 Å². The van der Waals surface area contributed by atoms with Crippen molar-refractivity contribution < 1.29 is 28.5 Å². The van der Waals surface area contributed by atoms with Crippen molar-refractivity contribution in [1.29, 1.82) is 14.9 Å². The van der Waals surface area contributed by atoms with Gasteiger partial charge >= 0.3 is 57.4 Å². The van der Waals surface area contributed by atoms with Gasteiger partial charge in [-0.3, -0.25) is 0 Å². The molecule has 0 unspecified atom stereocenters. The van der Waals surface area contributed by atoms with Crippen molar-refractivity contribution in [2.45, 2.75) is 65.0 Å². The van der Waals surface area contributed by atoms with Gasteiger partial charge in [-0.15, -0.1) is 0 Å². The van der Waals surface area contributed by atoms with Crippen LogP contribution in [0.5, 0.6) is 11.5 Å². The predicted octanol–water partition coefficient (Wildman–Crippen LogP) is 7.53. The second-order valence-electron chi connectivity index (χ2n) is 11.7. The van der Waals surface area contributed by atoms with Crippen LogP contribution in [0, 0.1) is 33.9 Å². The second-order valence-corrected chi connectivity index (χ2v) is 12.5. The molecule has 49 heavy (non-hydrogen) atoms. The first-order valence-corrected chi connectivity index (χ1v) is 16.2. The summed E-state index contributed by atoms with van der Waals surface area (Å²) < 4.78 is 32.5. The summed E-state index contributed by atoms with van der Waals surface area (Å²) in [7, 11) is 7.47. The van der Waals surface area contributed by atoms with Crippen molar-refractivity contribution in [2.24, 2.45) is 4.30 Å². The molecule has 0 spiro atoms. The number of aryl methyl sites for hydroxylation is 1. The summed E-state index contributed by atoms with van der Waals surface area (Å²) in [5.41, 5.74) is 2.25. The van der Waals surface area contributed by atoms with Crippen LogP contribution in [-0.2, 0) is 14.8 Å². The van der Waals surface area contributed by atoms with Gasteiger partial charge in [-0.2, -0.15) is 10.5 Å². The summed E-state index contributed by atoms with van der Waals surface area (Å²) in [6.07, 6.45) is -1.15. The van der Waals surface area contributed by atoms with Gasteiger partial charge in [0.15, 0.2) is 0 Å². The molecular weight excluding hydrogens is 725 g/mol. The van der Waals surface area contributed by atoms with Crippen LogP contribution in [0.25, 0.3) is 21.8 Å². The molecule has 1 N–H and O–H groups in total. The molecule has 2 aromatic carbocycles. The third kappa shape index (κ3) is 11.6. The Hall–Kier alpha value is -3.87. The summed E-state index contributed by atoms with van der Waals surface area (Å²) in [6, 6.07) is 14.6. The summed E-state index contributed by atoms with van der Waals surface area (Å²) in [6.45, 7) is 12.6. The Labute approximate surface area is 312 Å². The molecule has 0 aliphatic heterocycles. The Morgan fingerprint density at radius 2 is 1.24 bits per heavy atom. The molecule has 253 valence electrons. The number of carbonyl (C=O) groups is 2. The van der Waals surface area contributed by atoms with Gasteiger partial charge in [-0.05, 0) is 78.3 Å². The first-order chi connectivity index (χ1) is 22.5. The molecule has 0 fully saturated rings. The Morgan fingerprint density at radius 1 is 0.878 bits per heavy atom. The van der Waals surface area contributed by atoms with Gasteiger partial charge < -0.3 is 18.9 Å². The number of nitrogens with one attached hydrogen (secondary N) is 1. The van der Waals surface area contributed by atoms with E-state index in [1.54, 1.807) is 96.1 Å². The van der Waals surface area contributed by atoms with Crippen LogP contribution in [-0.4, -0.2) is 78.9 Å². The van der Waals surface area contributed by atoms with Crippen LogP contribution in [0.3, 0.4) is 0 Å². The van der Waals surface area contributed by atoms with E-state index in [0.717, 1.165) is 16.5 Å². The molecule has 4 aromatic rings. The van der Waals surface area contributed by atoms with E-state index in [-0.39, 0.29) is 19.8 Å². The van der Waals surface area contributed by atoms with Gasteiger partial charge in [0.25, 0.3) is 0 Å². The molecule has 5 radical (unpaired) electrons. The maximum absolute atomic E-state index is 12.4. The Morgan fingerprint density at radius 3 is 1.57 bits per heavy atom. The Balaban J connectivity index is 0.000000817. The van der Waals surface area contributed by atoms with Gasteiger partial charge in [0.05, 0.1) is 25.3 Å². The number of carbonyl (C=O) groups excluding carboxylic acids is 2. The molecule has 0 saturated carbocycles. The zero-order chi connectivity index (χ0) is 37.0. The van der Waals surface area contributed by atoms with Gasteiger partial charge in [-0.1, -0.05) is 28.1 Å². The predicted molar refractivity (Wildman–Crippen MR) is 198 cm³/mol. The minimum atomic E-state index is -0.639. The SMILES string of the molecule is COc1c(C)ccc2c1cc(C#N)n2C(=O)OC(C)(C)C.COc1c(CBr)ccc2c1cc(C#N)n2C(=O)OC(C)(C)C.[B].[B]=NS.[NH]=[Al]. The van der Waals surface area contributed by atoms with E-state index in [4.69, 9.17) is 23.3 Å². The standard InChI is InChI=1S/C16H17BrN2O3.C16H18N2O3.Al.BHNS.B.HN/c1-16(2,3)22-15(20)19-11(9-18)7-12-13(19)6-5-10(8-17)14(12)21-4;1-10-6-7-13-12(14(10)20-5)8-11(9-17)18(13)15(19)21-16(2,3)4;;1-2-3;;/h5-7H,8H2,1-4H3;6-8H,1-5H3;;3H;;1H. The van der Waals surface area contributed by atoms with E-state index in [0.29, 0.717) is 33.2 Å². The van der Waals surface area contributed by atoms with Crippen molar-refractivity contribution >= 4 is 94.9 Å². The zero-order valence-corrected chi connectivity index (χ0v) is 32.5. The van der Waals surface area contributed by atoms with E-state index in [1.807, 2.05) is 31.2 Å². The monoisotopic (exact) mass is 761 g/mol. The van der Waals surface area contributed by atoms with Gasteiger partial charge in [-0.25, -0.2) is 18.7 Å². The number of hydrogen-bond acceptors (Lipinski definition) is 11. The molecule has 17 heteroatoms. The number of methoxy groups -OCH3 is 2. The molecule has 4 rings (SSSR count). The number of alkyl halides is 1. The van der Waals surface area contributed by atoms with Gasteiger partial charge in [0.1, 0.15) is 46.2 Å². The maximum atomic E-state index is 12.4. The summed E-state index contributed by atoms with van der Waals surface area (Å²) in [5, 5.41) is 20.7. The fraction of sp³-hybridized carbons (Fsp3) is 0.375. The molecule has 0 amide bonds. The number of nitriles is 2. The van der Waals surface area contributed by atoms with Crippen LogP contribution in [0.1, 0.15) is 64.1 Å². The summed E-state index contributed by atoms with van der Waals surface area (Å²) in [4.78, 5) is 24.8. The summed E-state index contributed by atoms with van der Waals surface area (Å²) >= 11 is 8.26. The molecule has 2 aromatic heterocycles. The van der Waals surface area contributed by atoms with Gasteiger partial charge in [0.2, 0.25) is 0 Å². The van der Waals surface area contributed by atoms with Crippen molar-refractivity contribution in [1.82, 2.24) is 9.13 Å². The Kier molecular flexibility index (Phi) is 18.4. The number of nitrogens with zero attached hydrogens (tertiary/aromatic N) is 5. The first kappa shape index (κ1) is 45.1. The molecule has 2 heterocycles. The number of aromatic nitrogens is 2. The normalized spacial score (nSPS) is 10.2. The number of thiol groups is 1. The van der Waals surface area contributed by atoms with E-state index < -0.39 is 23.4 Å². The number of benzene rings is 2. The van der Waals surface area contributed by atoms with E-state index >= 15 is 0 Å². The van der Waals surface area contributed by atoms with Gasteiger partial charge in [0, 0.05) is 30.1 Å². The number of ether oxygens (including phenoxy) is 4. The van der Waals surface area contributed by atoms with Crippen LogP contribution >= 0.6 is 28.7 Å². The van der Waals surface area contributed by atoms with Crippen LogP contribution in [0.2, 0.25) is 0 Å². The number of hydrogen-bond donors (Lipinski definition) is 2. The molecule has 0 atom stereocenters. The topological polar surface area (TPSA) is 165 Å².